The lowest BCUT2D eigenvalue weighted by atomic mass is 9.90. The molecule has 1 fully saturated rings. The fourth-order valence-corrected chi connectivity index (χ4v) is 1.94. The monoisotopic (exact) mass is 212 g/mol. The van der Waals surface area contributed by atoms with Crippen molar-refractivity contribution >= 4 is 5.97 Å². The van der Waals surface area contributed by atoms with Crippen molar-refractivity contribution in [1.82, 2.24) is 0 Å². The lowest BCUT2D eigenvalue weighted by Gasteiger charge is -2.34. The largest absolute Gasteiger partial charge is 0.469 e. The van der Waals surface area contributed by atoms with Crippen LogP contribution in [0.1, 0.15) is 32.6 Å². The molecule has 0 amide bonds. The number of hydrogen-bond donors (Lipinski definition) is 0. The third kappa shape index (κ3) is 3.67. The van der Waals surface area contributed by atoms with Crippen molar-refractivity contribution in [1.29, 1.82) is 0 Å². The van der Waals surface area contributed by atoms with Gasteiger partial charge in [0, 0.05) is 0 Å². The summed E-state index contributed by atoms with van der Waals surface area (Å²) in [6.45, 7) is 5.83. The molecule has 1 aliphatic heterocycles. The summed E-state index contributed by atoms with van der Waals surface area (Å²) in [6.07, 6.45) is 5.51. The van der Waals surface area contributed by atoms with E-state index in [1.807, 2.05) is 6.08 Å². The van der Waals surface area contributed by atoms with Crippen molar-refractivity contribution in [3.05, 3.63) is 12.7 Å². The summed E-state index contributed by atoms with van der Waals surface area (Å²) < 4.78 is 10.5. The van der Waals surface area contributed by atoms with Gasteiger partial charge >= 0.3 is 5.97 Å². The third-order valence-electron chi connectivity index (χ3n) is 2.97. The Labute approximate surface area is 91.4 Å². The van der Waals surface area contributed by atoms with Crippen LogP contribution in [0.5, 0.6) is 0 Å². The molecule has 0 aromatic carbocycles. The van der Waals surface area contributed by atoms with Gasteiger partial charge in [0.15, 0.2) is 0 Å². The highest BCUT2D eigenvalue weighted by atomic mass is 16.5. The van der Waals surface area contributed by atoms with Crippen LogP contribution in [0.15, 0.2) is 12.7 Å². The maximum absolute atomic E-state index is 11.2. The molecule has 3 atom stereocenters. The van der Waals surface area contributed by atoms with Crippen LogP contribution >= 0.6 is 0 Å². The highest BCUT2D eigenvalue weighted by Crippen LogP contribution is 2.28. The summed E-state index contributed by atoms with van der Waals surface area (Å²) in [7, 11) is 1.41. The summed E-state index contributed by atoms with van der Waals surface area (Å²) in [5.41, 5.74) is 0. The number of carbonyl (C=O) groups is 1. The molecule has 1 heterocycles. The molecule has 0 bridgehead atoms. The van der Waals surface area contributed by atoms with Gasteiger partial charge in [0.05, 0.1) is 25.7 Å². The minimum Gasteiger partial charge on any atom is -0.469 e. The molecule has 86 valence electrons. The van der Waals surface area contributed by atoms with Crippen LogP contribution < -0.4 is 0 Å². The Morgan fingerprint density at radius 1 is 1.60 bits per heavy atom. The maximum atomic E-state index is 11.2. The Bertz CT molecular complexity index is 225. The van der Waals surface area contributed by atoms with Gasteiger partial charge in [-0.05, 0) is 25.2 Å². The van der Waals surface area contributed by atoms with Gasteiger partial charge in [-0.15, -0.1) is 6.58 Å². The van der Waals surface area contributed by atoms with Crippen molar-refractivity contribution < 1.29 is 14.3 Å². The molecule has 0 aromatic rings. The molecule has 0 unspecified atom stereocenters. The topological polar surface area (TPSA) is 35.5 Å². The summed E-state index contributed by atoms with van der Waals surface area (Å²) in [4.78, 5) is 11.2. The van der Waals surface area contributed by atoms with Crippen LogP contribution in [0, 0.1) is 5.92 Å². The molecule has 0 aliphatic carbocycles. The molecule has 15 heavy (non-hydrogen) atoms. The van der Waals surface area contributed by atoms with E-state index in [0.717, 1.165) is 19.3 Å². The number of ether oxygens (including phenoxy) is 2. The Morgan fingerprint density at radius 3 is 2.93 bits per heavy atom. The fraction of sp³-hybridized carbons (Fsp3) is 0.750. The standard InChI is InChI=1S/C12H20O3/c1-4-5-10-7-6-9(2)11(15-10)8-12(13)14-3/h4,9-11H,1,5-8H2,2-3H3/t9-,10+,11+/m0/s1. The van der Waals surface area contributed by atoms with Crippen LogP contribution in [0.25, 0.3) is 0 Å². The molecule has 0 N–H and O–H groups in total. The van der Waals surface area contributed by atoms with Crippen molar-refractivity contribution in [2.24, 2.45) is 5.92 Å². The molecule has 0 aromatic heterocycles. The zero-order valence-corrected chi connectivity index (χ0v) is 9.57. The number of methoxy groups -OCH3 is 1. The van der Waals surface area contributed by atoms with Crippen molar-refractivity contribution in [2.75, 3.05) is 7.11 Å². The van der Waals surface area contributed by atoms with Gasteiger partial charge in [-0.2, -0.15) is 0 Å². The quantitative estimate of drug-likeness (QED) is 0.530. The van der Waals surface area contributed by atoms with Crippen LogP contribution in [0.4, 0.5) is 0 Å². The molecular weight excluding hydrogens is 192 g/mol. The summed E-state index contributed by atoms with van der Waals surface area (Å²) in [5.74, 6) is 0.247. The Morgan fingerprint density at radius 2 is 2.33 bits per heavy atom. The molecule has 1 aliphatic rings. The lowest BCUT2D eigenvalue weighted by molar-refractivity contribution is -0.149. The maximum Gasteiger partial charge on any atom is 0.308 e. The van der Waals surface area contributed by atoms with Gasteiger partial charge in [-0.3, -0.25) is 4.79 Å². The minimum atomic E-state index is -0.189. The van der Waals surface area contributed by atoms with Crippen LogP contribution in [0.3, 0.4) is 0 Å². The van der Waals surface area contributed by atoms with Crippen molar-refractivity contribution in [2.45, 2.75) is 44.8 Å². The first-order chi connectivity index (χ1) is 7.17. The first-order valence-electron chi connectivity index (χ1n) is 5.50. The van der Waals surface area contributed by atoms with Gasteiger partial charge in [-0.1, -0.05) is 13.0 Å². The Balaban J connectivity index is 2.45. The zero-order chi connectivity index (χ0) is 11.3. The van der Waals surface area contributed by atoms with Gasteiger partial charge in [0.1, 0.15) is 0 Å². The number of carbonyl (C=O) groups excluding carboxylic acids is 1. The molecular formula is C12H20O3. The van der Waals surface area contributed by atoms with Crippen LogP contribution in [-0.2, 0) is 14.3 Å². The minimum absolute atomic E-state index is 0.0103. The zero-order valence-electron chi connectivity index (χ0n) is 9.57. The summed E-state index contributed by atoms with van der Waals surface area (Å²) >= 11 is 0. The summed E-state index contributed by atoms with van der Waals surface area (Å²) in [6, 6.07) is 0. The predicted molar refractivity (Wildman–Crippen MR) is 58.5 cm³/mol. The Kier molecular flexibility index (Phi) is 4.82. The highest BCUT2D eigenvalue weighted by Gasteiger charge is 2.29. The van der Waals surface area contributed by atoms with Crippen LogP contribution in [-0.4, -0.2) is 25.3 Å². The van der Waals surface area contributed by atoms with Crippen molar-refractivity contribution in [3.63, 3.8) is 0 Å². The second-order valence-corrected chi connectivity index (χ2v) is 4.16. The Hall–Kier alpha value is -0.830. The molecule has 1 saturated heterocycles. The molecule has 3 nitrogen and oxygen atoms in total. The highest BCUT2D eigenvalue weighted by molar-refractivity contribution is 5.69. The van der Waals surface area contributed by atoms with Gasteiger partial charge in [0.2, 0.25) is 0 Å². The SMILES string of the molecule is C=CC[C@@H]1CC[C@H](C)[C@@H](CC(=O)OC)O1. The van der Waals surface area contributed by atoms with E-state index in [0.29, 0.717) is 12.3 Å². The van der Waals surface area contributed by atoms with Gasteiger partial charge in [0.25, 0.3) is 0 Å². The average molecular weight is 212 g/mol. The van der Waals surface area contributed by atoms with E-state index in [2.05, 4.69) is 18.2 Å². The third-order valence-corrected chi connectivity index (χ3v) is 2.97. The molecule has 3 heteroatoms. The molecule has 1 rings (SSSR count). The second-order valence-electron chi connectivity index (χ2n) is 4.16. The van der Waals surface area contributed by atoms with Gasteiger partial charge < -0.3 is 9.47 Å². The first-order valence-corrected chi connectivity index (χ1v) is 5.50. The molecule has 0 spiro atoms. The van der Waals surface area contributed by atoms with E-state index in [4.69, 9.17) is 4.74 Å². The van der Waals surface area contributed by atoms with E-state index in [-0.39, 0.29) is 18.2 Å². The van der Waals surface area contributed by atoms with E-state index in [1.165, 1.54) is 7.11 Å². The fourth-order valence-electron chi connectivity index (χ4n) is 1.94. The van der Waals surface area contributed by atoms with Crippen molar-refractivity contribution in [3.8, 4) is 0 Å². The first kappa shape index (κ1) is 12.2. The van der Waals surface area contributed by atoms with Gasteiger partial charge in [-0.25, -0.2) is 0 Å². The number of rotatable bonds is 4. The second kappa shape index (κ2) is 5.91. The summed E-state index contributed by atoms with van der Waals surface area (Å²) in [5, 5.41) is 0. The molecule has 0 radical (unpaired) electrons. The normalized spacial score (nSPS) is 30.9. The number of hydrogen-bond acceptors (Lipinski definition) is 3. The molecule has 0 saturated carbocycles. The van der Waals surface area contributed by atoms with E-state index in [9.17, 15) is 4.79 Å². The van der Waals surface area contributed by atoms with E-state index in [1.54, 1.807) is 0 Å². The van der Waals surface area contributed by atoms with E-state index < -0.39 is 0 Å². The lowest BCUT2D eigenvalue weighted by Crippen LogP contribution is -2.35. The average Bonchev–Trinajstić information content (AvgIpc) is 2.23. The van der Waals surface area contributed by atoms with E-state index >= 15 is 0 Å². The predicted octanol–water partition coefficient (Wildman–Crippen LogP) is 2.31. The smallest absolute Gasteiger partial charge is 0.308 e. The van der Waals surface area contributed by atoms with Crippen LogP contribution in [0.2, 0.25) is 0 Å². The number of esters is 1.